The van der Waals surface area contributed by atoms with Crippen molar-refractivity contribution in [1.82, 2.24) is 4.90 Å². The Morgan fingerprint density at radius 3 is 2.17 bits per heavy atom. The zero-order chi connectivity index (χ0) is 9.23. The van der Waals surface area contributed by atoms with Crippen LogP contribution in [0, 0.1) is 0 Å². The van der Waals surface area contributed by atoms with E-state index in [-0.39, 0.29) is 0 Å². The van der Waals surface area contributed by atoms with Gasteiger partial charge in [-0.1, -0.05) is 19.0 Å². The molecule has 0 aliphatic rings. The molecule has 0 aromatic rings. The smallest absolute Gasteiger partial charge is 0.0385 e. The van der Waals surface area contributed by atoms with Crippen molar-refractivity contribution in [3.05, 3.63) is 10.4 Å². The van der Waals surface area contributed by atoms with Crippen molar-refractivity contribution < 1.29 is 0 Å². The van der Waals surface area contributed by atoms with Crippen LogP contribution in [-0.4, -0.2) is 31.1 Å². The van der Waals surface area contributed by atoms with E-state index < -0.39 is 0 Å². The second-order valence-electron chi connectivity index (χ2n) is 2.80. The number of nitrogens with zero attached hydrogens (tertiary/aromatic N) is 4. The summed E-state index contributed by atoms with van der Waals surface area (Å²) in [5.74, 6) is 0. The van der Waals surface area contributed by atoms with Gasteiger partial charge in [-0.2, -0.15) is 0 Å². The van der Waals surface area contributed by atoms with Gasteiger partial charge in [-0.05, 0) is 31.5 Å². The second-order valence-corrected chi connectivity index (χ2v) is 2.80. The van der Waals surface area contributed by atoms with Crippen molar-refractivity contribution in [2.45, 2.75) is 26.7 Å². The molecule has 0 atom stereocenters. The van der Waals surface area contributed by atoms with Gasteiger partial charge in [0.05, 0.1) is 0 Å². The molecular weight excluding hydrogens is 152 g/mol. The number of hydrogen-bond acceptors (Lipinski definition) is 2. The third-order valence-electron chi connectivity index (χ3n) is 1.66. The summed E-state index contributed by atoms with van der Waals surface area (Å²) in [6.45, 7) is 8.03. The zero-order valence-electron chi connectivity index (χ0n) is 8.03. The summed E-state index contributed by atoms with van der Waals surface area (Å²) < 4.78 is 0. The molecule has 0 spiro atoms. The molecule has 0 aromatic heterocycles. The quantitative estimate of drug-likeness (QED) is 0.329. The Bertz CT molecular complexity index is 134. The van der Waals surface area contributed by atoms with Crippen LogP contribution in [0.1, 0.15) is 26.7 Å². The first-order valence-electron chi connectivity index (χ1n) is 4.58. The largest absolute Gasteiger partial charge is 0.303 e. The lowest BCUT2D eigenvalue weighted by Crippen LogP contribution is -2.27. The Morgan fingerprint density at radius 2 is 1.75 bits per heavy atom. The monoisotopic (exact) mass is 170 g/mol. The molecule has 4 heteroatoms. The van der Waals surface area contributed by atoms with E-state index in [1.807, 2.05) is 0 Å². The first-order valence-corrected chi connectivity index (χ1v) is 4.58. The van der Waals surface area contributed by atoms with Gasteiger partial charge in [0.2, 0.25) is 0 Å². The predicted octanol–water partition coefficient (Wildman–Crippen LogP) is 2.42. The van der Waals surface area contributed by atoms with Crippen molar-refractivity contribution in [2.75, 3.05) is 26.2 Å². The molecule has 4 nitrogen and oxygen atoms in total. The van der Waals surface area contributed by atoms with Gasteiger partial charge < -0.3 is 4.90 Å². The average molecular weight is 170 g/mol. The fraction of sp³-hybridized carbons (Fsp3) is 1.00. The summed E-state index contributed by atoms with van der Waals surface area (Å²) in [5, 5.41) is 3.51. The molecule has 12 heavy (non-hydrogen) atoms. The van der Waals surface area contributed by atoms with E-state index in [0.29, 0.717) is 6.54 Å². The van der Waals surface area contributed by atoms with E-state index in [4.69, 9.17) is 5.53 Å². The molecule has 0 amide bonds. The third kappa shape index (κ3) is 6.01. The average Bonchev–Trinajstić information content (AvgIpc) is 2.06. The van der Waals surface area contributed by atoms with Gasteiger partial charge in [-0.15, -0.1) is 0 Å². The number of azide groups is 1. The van der Waals surface area contributed by atoms with Crippen molar-refractivity contribution in [2.24, 2.45) is 5.11 Å². The Hall–Kier alpha value is -0.730. The van der Waals surface area contributed by atoms with Crippen LogP contribution in [0.15, 0.2) is 5.11 Å². The summed E-state index contributed by atoms with van der Waals surface area (Å²) in [6, 6.07) is 0. The zero-order valence-corrected chi connectivity index (χ0v) is 8.03. The van der Waals surface area contributed by atoms with Gasteiger partial charge in [0, 0.05) is 18.0 Å². The van der Waals surface area contributed by atoms with Crippen molar-refractivity contribution in [3.8, 4) is 0 Å². The van der Waals surface area contributed by atoms with Gasteiger partial charge in [0.25, 0.3) is 0 Å². The molecule has 0 aliphatic heterocycles. The molecule has 0 aliphatic carbocycles. The Morgan fingerprint density at radius 1 is 1.17 bits per heavy atom. The van der Waals surface area contributed by atoms with E-state index in [1.165, 1.54) is 0 Å². The molecule has 0 rings (SSSR count). The highest BCUT2D eigenvalue weighted by molar-refractivity contribution is 4.58. The minimum Gasteiger partial charge on any atom is -0.303 e. The summed E-state index contributed by atoms with van der Waals surface area (Å²) in [4.78, 5) is 5.05. The molecular formula is C8H18N4. The molecule has 0 radical (unpaired) electrons. The lowest BCUT2D eigenvalue weighted by Gasteiger charge is -2.19. The Balaban J connectivity index is 3.54. The minimum absolute atomic E-state index is 0.594. The summed E-state index contributed by atoms with van der Waals surface area (Å²) in [7, 11) is 0. The SMILES string of the molecule is CCCN(CCC)CCN=[N+]=[N-]. The predicted molar refractivity (Wildman–Crippen MR) is 51.0 cm³/mol. The molecule has 0 saturated heterocycles. The molecule has 70 valence electrons. The highest BCUT2D eigenvalue weighted by Gasteiger charge is 1.99. The maximum Gasteiger partial charge on any atom is 0.0385 e. The third-order valence-corrected chi connectivity index (χ3v) is 1.66. The molecule has 0 heterocycles. The Labute approximate surface area is 74.2 Å². The van der Waals surface area contributed by atoms with Crippen molar-refractivity contribution in [1.29, 1.82) is 0 Å². The maximum absolute atomic E-state index is 8.08. The summed E-state index contributed by atoms with van der Waals surface area (Å²) in [6.07, 6.45) is 2.33. The molecule has 0 unspecified atom stereocenters. The van der Waals surface area contributed by atoms with Gasteiger partial charge in [-0.25, -0.2) is 0 Å². The van der Waals surface area contributed by atoms with Crippen LogP contribution in [0.2, 0.25) is 0 Å². The van der Waals surface area contributed by atoms with E-state index >= 15 is 0 Å². The second kappa shape index (κ2) is 8.37. The van der Waals surface area contributed by atoms with Crippen LogP contribution in [0.5, 0.6) is 0 Å². The first-order chi connectivity index (χ1) is 5.85. The summed E-state index contributed by atoms with van der Waals surface area (Å²) in [5.41, 5.74) is 8.08. The fourth-order valence-electron chi connectivity index (χ4n) is 1.20. The number of hydrogen-bond donors (Lipinski definition) is 0. The van der Waals surface area contributed by atoms with Crippen LogP contribution in [0.25, 0.3) is 10.4 Å². The van der Waals surface area contributed by atoms with E-state index in [2.05, 4.69) is 28.8 Å². The van der Waals surface area contributed by atoms with Crippen LogP contribution in [-0.2, 0) is 0 Å². The standard InChI is InChI=1S/C8H18N4/c1-3-6-12(7-4-2)8-5-10-11-9/h3-8H2,1-2H3. The van der Waals surface area contributed by atoms with Gasteiger partial charge in [0.1, 0.15) is 0 Å². The fourth-order valence-corrected chi connectivity index (χ4v) is 1.20. The number of rotatable bonds is 7. The van der Waals surface area contributed by atoms with Crippen molar-refractivity contribution >= 4 is 0 Å². The highest BCUT2D eigenvalue weighted by Crippen LogP contribution is 1.93. The van der Waals surface area contributed by atoms with Crippen LogP contribution in [0.4, 0.5) is 0 Å². The van der Waals surface area contributed by atoms with Crippen LogP contribution < -0.4 is 0 Å². The van der Waals surface area contributed by atoms with E-state index in [1.54, 1.807) is 0 Å². The highest BCUT2D eigenvalue weighted by atomic mass is 15.2. The normalized spacial score (nSPS) is 9.92. The van der Waals surface area contributed by atoms with Gasteiger partial charge in [-0.3, -0.25) is 0 Å². The molecule has 0 aromatic carbocycles. The van der Waals surface area contributed by atoms with E-state index in [0.717, 1.165) is 32.5 Å². The van der Waals surface area contributed by atoms with Crippen LogP contribution in [0.3, 0.4) is 0 Å². The molecule has 0 N–H and O–H groups in total. The van der Waals surface area contributed by atoms with Gasteiger partial charge >= 0.3 is 0 Å². The maximum atomic E-state index is 8.08. The molecule has 0 saturated carbocycles. The lowest BCUT2D eigenvalue weighted by atomic mass is 10.3. The molecule has 0 fully saturated rings. The van der Waals surface area contributed by atoms with Crippen molar-refractivity contribution in [3.63, 3.8) is 0 Å². The Kier molecular flexibility index (Phi) is 7.86. The summed E-state index contributed by atoms with van der Waals surface area (Å²) >= 11 is 0. The van der Waals surface area contributed by atoms with E-state index in [9.17, 15) is 0 Å². The van der Waals surface area contributed by atoms with Crippen LogP contribution >= 0.6 is 0 Å². The topological polar surface area (TPSA) is 52.0 Å². The minimum atomic E-state index is 0.594. The van der Waals surface area contributed by atoms with Gasteiger partial charge in [0.15, 0.2) is 0 Å². The first kappa shape index (κ1) is 11.3. The lowest BCUT2D eigenvalue weighted by molar-refractivity contribution is 0.282. The molecule has 0 bridgehead atoms.